The van der Waals surface area contributed by atoms with Crippen LogP contribution in [0.3, 0.4) is 0 Å². The van der Waals surface area contributed by atoms with Crippen molar-refractivity contribution in [3.63, 3.8) is 0 Å². The van der Waals surface area contributed by atoms with E-state index in [1.807, 2.05) is 13.8 Å². The number of aryl methyl sites for hydroxylation is 1. The fraction of sp³-hybridized carbons (Fsp3) is 0.538. The van der Waals surface area contributed by atoms with E-state index in [0.717, 1.165) is 5.56 Å². The van der Waals surface area contributed by atoms with Gasteiger partial charge in [0.25, 0.3) is 0 Å². The molecular weight excluding hydrogens is 280 g/mol. The van der Waals surface area contributed by atoms with Crippen LogP contribution in [-0.2, 0) is 14.8 Å². The van der Waals surface area contributed by atoms with Crippen molar-refractivity contribution in [2.75, 3.05) is 32.6 Å². The second-order valence-corrected chi connectivity index (χ2v) is 6.76. The molecule has 0 unspecified atom stereocenters. The summed E-state index contributed by atoms with van der Waals surface area (Å²) in [6.07, 6.45) is 0. The van der Waals surface area contributed by atoms with Gasteiger partial charge in [-0.3, -0.25) is 0 Å². The maximum absolute atomic E-state index is 12.8. The van der Waals surface area contributed by atoms with Crippen LogP contribution < -0.4 is 10.5 Å². The molecule has 6 nitrogen and oxygen atoms in total. The Morgan fingerprint density at radius 2 is 2.15 bits per heavy atom. The number of rotatable bonds is 3. The van der Waals surface area contributed by atoms with Crippen molar-refractivity contribution >= 4 is 15.7 Å². The topological polar surface area (TPSA) is 81.9 Å². The third-order valence-electron chi connectivity index (χ3n) is 3.45. The number of nitrogens with two attached hydrogens (primary N) is 1. The monoisotopic (exact) mass is 300 g/mol. The van der Waals surface area contributed by atoms with Gasteiger partial charge in [-0.25, -0.2) is 8.42 Å². The summed E-state index contributed by atoms with van der Waals surface area (Å²) in [6.45, 7) is 4.75. The van der Waals surface area contributed by atoms with E-state index in [1.165, 1.54) is 17.5 Å². The molecule has 1 saturated heterocycles. The number of anilines is 1. The van der Waals surface area contributed by atoms with E-state index >= 15 is 0 Å². The maximum Gasteiger partial charge on any atom is 0.247 e. The Labute approximate surface area is 119 Å². The van der Waals surface area contributed by atoms with Gasteiger partial charge < -0.3 is 15.2 Å². The summed E-state index contributed by atoms with van der Waals surface area (Å²) in [4.78, 5) is 0.108. The number of benzene rings is 1. The first kappa shape index (κ1) is 15.1. The molecule has 1 fully saturated rings. The van der Waals surface area contributed by atoms with E-state index in [2.05, 4.69) is 0 Å². The lowest BCUT2D eigenvalue weighted by Crippen LogP contribution is -2.47. The molecule has 1 aliphatic heterocycles. The summed E-state index contributed by atoms with van der Waals surface area (Å²) in [5.74, 6) is 0.315. The Bertz CT molecular complexity index is 601. The number of hydrogen-bond acceptors (Lipinski definition) is 5. The Hall–Kier alpha value is -1.31. The minimum atomic E-state index is -3.64. The molecule has 112 valence electrons. The number of ether oxygens (including phenoxy) is 2. The summed E-state index contributed by atoms with van der Waals surface area (Å²) in [5, 5.41) is 0. The molecule has 1 heterocycles. The average molecular weight is 300 g/mol. The van der Waals surface area contributed by atoms with Crippen LogP contribution in [0.5, 0.6) is 5.75 Å². The minimum Gasteiger partial charge on any atom is -0.495 e. The molecule has 0 radical (unpaired) electrons. The standard InChI is InChI=1S/C13H20N2O4S/c1-9-6-12(18-3)13(7-11(9)14)20(16,17)15-4-5-19-8-10(15)2/h6-7,10H,4-5,8,14H2,1-3H3/t10-/m1/s1. The fourth-order valence-corrected chi connectivity index (χ4v) is 4.01. The van der Waals surface area contributed by atoms with Gasteiger partial charge in [0.05, 0.1) is 20.3 Å². The Morgan fingerprint density at radius 1 is 1.45 bits per heavy atom. The molecule has 1 atom stereocenters. The van der Waals surface area contributed by atoms with Crippen molar-refractivity contribution in [1.82, 2.24) is 4.31 Å². The molecule has 0 spiro atoms. The van der Waals surface area contributed by atoms with Gasteiger partial charge in [-0.15, -0.1) is 0 Å². The zero-order valence-electron chi connectivity index (χ0n) is 11.9. The van der Waals surface area contributed by atoms with Crippen LogP contribution in [0.15, 0.2) is 17.0 Å². The molecule has 0 bridgehead atoms. The Morgan fingerprint density at radius 3 is 2.75 bits per heavy atom. The number of nitrogens with zero attached hydrogens (tertiary/aromatic N) is 1. The zero-order valence-corrected chi connectivity index (χ0v) is 12.7. The second kappa shape index (κ2) is 5.59. The van der Waals surface area contributed by atoms with Crippen molar-refractivity contribution in [1.29, 1.82) is 0 Å². The summed E-state index contributed by atoms with van der Waals surface area (Å²) in [6, 6.07) is 2.90. The molecule has 20 heavy (non-hydrogen) atoms. The number of hydrogen-bond donors (Lipinski definition) is 1. The summed E-state index contributed by atoms with van der Waals surface area (Å²) in [7, 11) is -2.19. The van der Waals surface area contributed by atoms with Crippen LogP contribution in [0.2, 0.25) is 0 Å². The van der Waals surface area contributed by atoms with E-state index in [9.17, 15) is 8.42 Å². The van der Waals surface area contributed by atoms with Gasteiger partial charge in [0.1, 0.15) is 10.6 Å². The van der Waals surface area contributed by atoms with Crippen LogP contribution in [0.1, 0.15) is 12.5 Å². The molecule has 0 aromatic heterocycles. The van der Waals surface area contributed by atoms with Crippen molar-refractivity contribution in [2.24, 2.45) is 0 Å². The highest BCUT2D eigenvalue weighted by molar-refractivity contribution is 7.89. The van der Waals surface area contributed by atoms with Crippen molar-refractivity contribution in [3.05, 3.63) is 17.7 Å². The summed E-state index contributed by atoms with van der Waals surface area (Å²) < 4.78 is 37.5. The number of nitrogen functional groups attached to an aromatic ring is 1. The average Bonchev–Trinajstić information content (AvgIpc) is 2.41. The van der Waals surface area contributed by atoms with Crippen LogP contribution in [0, 0.1) is 6.92 Å². The largest absolute Gasteiger partial charge is 0.495 e. The lowest BCUT2D eigenvalue weighted by atomic mass is 10.2. The van der Waals surface area contributed by atoms with Gasteiger partial charge in [-0.1, -0.05) is 0 Å². The Balaban J connectivity index is 2.51. The van der Waals surface area contributed by atoms with E-state index in [-0.39, 0.29) is 10.9 Å². The lowest BCUT2D eigenvalue weighted by Gasteiger charge is -2.32. The fourth-order valence-electron chi connectivity index (χ4n) is 2.23. The highest BCUT2D eigenvalue weighted by Crippen LogP contribution is 2.32. The quantitative estimate of drug-likeness (QED) is 0.842. The van der Waals surface area contributed by atoms with Gasteiger partial charge >= 0.3 is 0 Å². The summed E-state index contributed by atoms with van der Waals surface area (Å²) >= 11 is 0. The number of sulfonamides is 1. The smallest absolute Gasteiger partial charge is 0.247 e. The molecule has 0 saturated carbocycles. The predicted molar refractivity (Wildman–Crippen MR) is 76.3 cm³/mol. The van der Waals surface area contributed by atoms with Crippen LogP contribution in [0.25, 0.3) is 0 Å². The molecule has 7 heteroatoms. The SMILES string of the molecule is COc1cc(C)c(N)cc1S(=O)(=O)N1CCOC[C@H]1C. The van der Waals surface area contributed by atoms with Crippen molar-refractivity contribution in [3.8, 4) is 5.75 Å². The molecule has 0 aliphatic carbocycles. The highest BCUT2D eigenvalue weighted by Gasteiger charge is 2.33. The van der Waals surface area contributed by atoms with Gasteiger partial charge in [0, 0.05) is 18.3 Å². The predicted octanol–water partition coefficient (Wildman–Crippen LogP) is 0.995. The molecule has 2 N–H and O–H groups in total. The molecular formula is C13H20N2O4S. The van der Waals surface area contributed by atoms with E-state index in [0.29, 0.717) is 31.2 Å². The normalized spacial score (nSPS) is 20.9. The van der Waals surface area contributed by atoms with Crippen LogP contribution in [-0.4, -0.2) is 45.6 Å². The first-order valence-electron chi connectivity index (χ1n) is 6.41. The van der Waals surface area contributed by atoms with E-state index in [1.54, 1.807) is 6.07 Å². The molecule has 2 rings (SSSR count). The lowest BCUT2D eigenvalue weighted by molar-refractivity contribution is 0.0392. The zero-order chi connectivity index (χ0) is 14.9. The molecule has 1 aliphatic rings. The summed E-state index contributed by atoms with van der Waals surface area (Å²) in [5.41, 5.74) is 7.07. The maximum atomic E-state index is 12.8. The number of morpholine rings is 1. The van der Waals surface area contributed by atoms with Crippen molar-refractivity contribution < 1.29 is 17.9 Å². The van der Waals surface area contributed by atoms with Gasteiger partial charge in [-0.05, 0) is 31.5 Å². The third-order valence-corrected chi connectivity index (χ3v) is 5.48. The van der Waals surface area contributed by atoms with Gasteiger partial charge in [-0.2, -0.15) is 4.31 Å². The first-order valence-corrected chi connectivity index (χ1v) is 7.85. The van der Waals surface area contributed by atoms with E-state index < -0.39 is 10.0 Å². The molecule has 1 aromatic carbocycles. The van der Waals surface area contributed by atoms with Crippen molar-refractivity contribution in [2.45, 2.75) is 24.8 Å². The van der Waals surface area contributed by atoms with Crippen LogP contribution in [0.4, 0.5) is 5.69 Å². The van der Waals surface area contributed by atoms with E-state index in [4.69, 9.17) is 15.2 Å². The Kier molecular flexibility index (Phi) is 4.22. The van der Waals surface area contributed by atoms with Gasteiger partial charge in [0.15, 0.2) is 0 Å². The number of methoxy groups -OCH3 is 1. The second-order valence-electron chi connectivity index (χ2n) is 4.90. The molecule has 1 aromatic rings. The van der Waals surface area contributed by atoms with Crippen LogP contribution >= 0.6 is 0 Å². The van der Waals surface area contributed by atoms with Gasteiger partial charge in [0.2, 0.25) is 10.0 Å². The third kappa shape index (κ3) is 2.61. The molecule has 0 amide bonds. The first-order chi connectivity index (χ1) is 9.37. The minimum absolute atomic E-state index is 0.108. The highest BCUT2D eigenvalue weighted by atomic mass is 32.2.